The van der Waals surface area contributed by atoms with E-state index in [-0.39, 0.29) is 0 Å². The van der Waals surface area contributed by atoms with Crippen molar-refractivity contribution in [3.05, 3.63) is 0 Å². The van der Waals surface area contributed by atoms with Crippen molar-refractivity contribution in [2.24, 2.45) is 32.5 Å². The maximum atomic E-state index is 2.40. The zero-order valence-electron chi connectivity index (χ0n) is 18.5. The molecule has 0 bridgehead atoms. The van der Waals surface area contributed by atoms with E-state index in [0.29, 0.717) is 32.5 Å². The Morgan fingerprint density at radius 1 is 0.391 bits per heavy atom. The zero-order chi connectivity index (χ0) is 18.5. The highest BCUT2D eigenvalue weighted by molar-refractivity contribution is 5.08. The first-order valence-corrected chi connectivity index (χ1v) is 9.91. The summed E-state index contributed by atoms with van der Waals surface area (Å²) >= 11 is 0. The number of hydrogen-bond donors (Lipinski definition) is 0. The lowest BCUT2D eigenvalue weighted by molar-refractivity contribution is -0.100. The molecule has 0 aromatic heterocycles. The lowest BCUT2D eigenvalue weighted by atomic mass is 9.45. The Morgan fingerprint density at radius 2 is 0.609 bits per heavy atom. The van der Waals surface area contributed by atoms with Gasteiger partial charge in [0, 0.05) is 0 Å². The third kappa shape index (κ3) is 3.67. The first-order chi connectivity index (χ1) is 9.91. The smallest absolute Gasteiger partial charge is 0.0200 e. The maximum Gasteiger partial charge on any atom is -0.0200 e. The molecule has 0 aromatic rings. The fourth-order valence-corrected chi connectivity index (χ4v) is 5.91. The van der Waals surface area contributed by atoms with Crippen LogP contribution < -0.4 is 0 Å². The van der Waals surface area contributed by atoms with Crippen molar-refractivity contribution in [2.75, 3.05) is 0 Å². The quantitative estimate of drug-likeness (QED) is 0.422. The molecule has 0 N–H and O–H groups in total. The summed E-state index contributed by atoms with van der Waals surface area (Å²) in [7, 11) is 0. The first kappa shape index (κ1) is 21.0. The fourth-order valence-electron chi connectivity index (χ4n) is 5.91. The third-order valence-electron chi connectivity index (χ3n) is 7.70. The Bertz CT molecular complexity index is 357. The molecule has 0 aliphatic heterocycles. The van der Waals surface area contributed by atoms with Gasteiger partial charge < -0.3 is 0 Å². The van der Waals surface area contributed by atoms with Crippen molar-refractivity contribution in [2.45, 2.75) is 115 Å². The van der Waals surface area contributed by atoms with E-state index in [1.165, 1.54) is 32.1 Å². The lowest BCUT2D eigenvalue weighted by Gasteiger charge is -2.60. The van der Waals surface area contributed by atoms with Gasteiger partial charge in [-0.2, -0.15) is 0 Å². The van der Waals surface area contributed by atoms with E-state index >= 15 is 0 Å². The molecule has 2 fully saturated rings. The van der Waals surface area contributed by atoms with E-state index in [4.69, 9.17) is 0 Å². The summed E-state index contributed by atoms with van der Waals surface area (Å²) in [6.07, 6.45) is 7.16. The van der Waals surface area contributed by atoms with Crippen molar-refractivity contribution in [1.82, 2.24) is 0 Å². The molecule has 0 unspecified atom stereocenters. The van der Waals surface area contributed by atoms with Crippen LogP contribution in [0, 0.1) is 32.5 Å². The number of hydrogen-bond acceptors (Lipinski definition) is 0. The molecule has 0 heteroatoms. The molecule has 138 valence electrons. The molecule has 2 saturated carbocycles. The van der Waals surface area contributed by atoms with Crippen LogP contribution in [0.1, 0.15) is 115 Å². The Balaban J connectivity index is 0.000000231. The van der Waals surface area contributed by atoms with E-state index in [0.717, 1.165) is 0 Å². The Morgan fingerprint density at radius 3 is 0.609 bits per heavy atom. The Kier molecular flexibility index (Phi) is 5.28. The lowest BCUT2D eigenvalue weighted by Crippen LogP contribution is -2.51. The molecule has 0 atom stereocenters. The summed E-state index contributed by atoms with van der Waals surface area (Å²) < 4.78 is 0. The molecule has 0 saturated heterocycles. The first-order valence-electron chi connectivity index (χ1n) is 9.91. The van der Waals surface area contributed by atoms with Crippen LogP contribution in [-0.2, 0) is 0 Å². The summed E-state index contributed by atoms with van der Waals surface area (Å²) in [5.74, 6) is 0. The molecule has 0 spiro atoms. The highest BCUT2D eigenvalue weighted by atomic mass is 14.6. The summed E-state index contributed by atoms with van der Waals surface area (Å²) in [5.41, 5.74) is 3.16. The van der Waals surface area contributed by atoms with Gasteiger partial charge in [-0.3, -0.25) is 0 Å². The highest BCUT2D eigenvalue weighted by Gasteiger charge is 2.58. The normalized spacial score (nSPS) is 23.5. The summed E-state index contributed by atoms with van der Waals surface area (Å²) in [6, 6.07) is 0. The Hall–Kier alpha value is 0. The van der Waals surface area contributed by atoms with Gasteiger partial charge in [-0.05, 0) is 58.2 Å². The highest BCUT2D eigenvalue weighted by Crippen LogP contribution is 2.67. The van der Waals surface area contributed by atoms with Crippen LogP contribution in [0.2, 0.25) is 0 Å². The van der Waals surface area contributed by atoms with E-state index in [9.17, 15) is 0 Å². The molecule has 0 nitrogen and oxygen atoms in total. The molecule has 0 amide bonds. The van der Waals surface area contributed by atoms with Gasteiger partial charge in [-0.15, -0.1) is 0 Å². The predicted molar refractivity (Wildman–Crippen MR) is 106 cm³/mol. The topological polar surface area (TPSA) is 0 Å². The maximum absolute atomic E-state index is 2.40. The summed E-state index contributed by atoms with van der Waals surface area (Å²) in [6.45, 7) is 28.7. The molecule has 23 heavy (non-hydrogen) atoms. The summed E-state index contributed by atoms with van der Waals surface area (Å²) in [4.78, 5) is 0. The average molecular weight is 323 g/mol. The van der Waals surface area contributed by atoms with Gasteiger partial charge in [-0.25, -0.2) is 0 Å². The number of rotatable bonds is 0. The van der Waals surface area contributed by atoms with Gasteiger partial charge in [-0.1, -0.05) is 89.5 Å². The minimum absolute atomic E-state index is 0.476. The average Bonchev–Trinajstić information content (AvgIpc) is 2.85. The van der Waals surface area contributed by atoms with Crippen LogP contribution in [0.15, 0.2) is 0 Å². The second kappa shape index (κ2) is 5.77. The molecule has 0 radical (unpaired) electrons. The van der Waals surface area contributed by atoms with Gasteiger partial charge >= 0.3 is 0 Å². The van der Waals surface area contributed by atoms with Crippen molar-refractivity contribution in [3.63, 3.8) is 0 Å². The van der Waals surface area contributed by atoms with Crippen LogP contribution in [0.25, 0.3) is 0 Å². The predicted octanol–water partition coefficient (Wildman–Crippen LogP) is 8.11. The Labute approximate surface area is 148 Å². The van der Waals surface area contributed by atoms with Crippen LogP contribution in [0.3, 0.4) is 0 Å². The van der Waals surface area contributed by atoms with Gasteiger partial charge in [0.2, 0.25) is 0 Å². The molecule has 2 rings (SSSR count). The van der Waals surface area contributed by atoms with Crippen molar-refractivity contribution in [1.29, 1.82) is 0 Å². The monoisotopic (exact) mass is 322 g/mol. The van der Waals surface area contributed by atoms with Crippen LogP contribution in [-0.4, -0.2) is 0 Å². The summed E-state index contributed by atoms with van der Waals surface area (Å²) in [5, 5.41) is 0. The third-order valence-corrected chi connectivity index (χ3v) is 7.70. The zero-order valence-corrected chi connectivity index (χ0v) is 18.5. The van der Waals surface area contributed by atoms with Crippen LogP contribution in [0.4, 0.5) is 0 Å². The van der Waals surface area contributed by atoms with Gasteiger partial charge in [0.1, 0.15) is 0 Å². The molecular weight excluding hydrogens is 276 g/mol. The van der Waals surface area contributed by atoms with E-state index < -0.39 is 0 Å². The van der Waals surface area contributed by atoms with Gasteiger partial charge in [0.05, 0.1) is 0 Å². The van der Waals surface area contributed by atoms with E-state index in [2.05, 4.69) is 83.1 Å². The van der Waals surface area contributed by atoms with Gasteiger partial charge in [0.25, 0.3) is 0 Å². The molecular formula is C23H46. The van der Waals surface area contributed by atoms with Crippen LogP contribution in [0.5, 0.6) is 0 Å². The minimum atomic E-state index is 0.476. The van der Waals surface area contributed by atoms with E-state index in [1.54, 1.807) is 0 Å². The van der Waals surface area contributed by atoms with Crippen LogP contribution >= 0.6 is 0 Å². The SMILES string of the molecule is CC(C)(C)C1(C(C)(C)C)CC1.CC(C)(C)C1(C(C)(C)C)CCC1. The largest absolute Gasteiger partial charge is 0.0596 e. The second-order valence-corrected chi connectivity index (χ2v) is 12.5. The standard InChI is InChI=1S/C12H24.C11H22/c1-10(2,3)12(8-7-9-12)11(4,5)6;1-9(2,3)11(7-8-11)10(4,5)6/h7-9H2,1-6H3;7-8H2,1-6H3. The van der Waals surface area contributed by atoms with Crippen molar-refractivity contribution < 1.29 is 0 Å². The van der Waals surface area contributed by atoms with Crippen molar-refractivity contribution in [3.8, 4) is 0 Å². The molecule has 0 heterocycles. The minimum Gasteiger partial charge on any atom is -0.0596 e. The molecule has 0 aromatic carbocycles. The molecule has 2 aliphatic rings. The fraction of sp³-hybridized carbons (Fsp3) is 1.00. The van der Waals surface area contributed by atoms with Crippen molar-refractivity contribution >= 4 is 0 Å². The molecule has 2 aliphatic carbocycles. The second-order valence-electron chi connectivity index (χ2n) is 12.5. The van der Waals surface area contributed by atoms with Gasteiger partial charge in [0.15, 0.2) is 0 Å². The van der Waals surface area contributed by atoms with E-state index in [1.807, 2.05) is 0 Å².